The van der Waals surface area contributed by atoms with Gasteiger partial charge in [0.15, 0.2) is 5.69 Å². The molecule has 0 unspecified atom stereocenters. The molecule has 3 aromatic carbocycles. The molecular weight excluding hydrogens is 398 g/mol. The summed E-state index contributed by atoms with van der Waals surface area (Å²) in [7, 11) is 2.10. The summed E-state index contributed by atoms with van der Waals surface area (Å²) in [6.45, 7) is 9.07. The van der Waals surface area contributed by atoms with Gasteiger partial charge in [-0.3, -0.25) is 0 Å². The number of rotatable bonds is 3. The molecule has 1 aromatic heterocycles. The topological polar surface area (TPSA) is 3.88 Å². The Morgan fingerprint density at radius 1 is 0.879 bits per heavy atom. The van der Waals surface area contributed by atoms with Crippen LogP contribution in [-0.2, 0) is 7.05 Å². The van der Waals surface area contributed by atoms with Gasteiger partial charge in [-0.2, -0.15) is 4.57 Å². The third kappa shape index (κ3) is 4.22. The third-order valence-corrected chi connectivity index (χ3v) is 7.85. The quantitative estimate of drug-likeness (QED) is 0.285. The van der Waals surface area contributed by atoms with Crippen molar-refractivity contribution in [2.24, 2.45) is 12.5 Å². The first-order valence-corrected chi connectivity index (χ1v) is 12.3. The molecule has 1 heteroatoms. The fourth-order valence-corrected chi connectivity index (χ4v) is 5.55. The van der Waals surface area contributed by atoms with Crippen molar-refractivity contribution in [3.05, 3.63) is 89.6 Å². The molecular formula is C32H36N+. The fraction of sp³-hybridized carbons (Fsp3) is 0.344. The number of benzene rings is 3. The van der Waals surface area contributed by atoms with E-state index in [0.29, 0.717) is 17.4 Å². The molecule has 33 heavy (non-hydrogen) atoms. The van der Waals surface area contributed by atoms with Crippen molar-refractivity contribution >= 4 is 10.8 Å². The van der Waals surface area contributed by atoms with Gasteiger partial charge in [0.25, 0.3) is 0 Å². The molecule has 0 amide bonds. The Bertz CT molecular complexity index is 1360. The number of pyridine rings is 1. The summed E-state index contributed by atoms with van der Waals surface area (Å²) in [6.07, 6.45) is 5.06. The van der Waals surface area contributed by atoms with Crippen LogP contribution in [0.1, 0.15) is 63.6 Å². The summed E-state index contributed by atoms with van der Waals surface area (Å²) in [4.78, 5) is 0. The maximum absolute atomic E-state index is 8.94. The number of aryl methyl sites for hydroxylation is 1. The molecule has 0 spiro atoms. The Labute approximate surface area is 200 Å². The van der Waals surface area contributed by atoms with E-state index in [1.54, 1.807) is 0 Å². The lowest BCUT2D eigenvalue weighted by molar-refractivity contribution is -0.665. The van der Waals surface area contributed by atoms with Crippen molar-refractivity contribution < 1.29 is 5.94 Å². The van der Waals surface area contributed by atoms with Gasteiger partial charge in [0, 0.05) is 18.5 Å². The third-order valence-electron chi connectivity index (χ3n) is 7.85. The van der Waals surface area contributed by atoms with Crippen molar-refractivity contribution in [1.29, 1.82) is 0 Å². The zero-order chi connectivity index (χ0) is 24.0. The molecule has 1 heterocycles. The summed E-state index contributed by atoms with van der Waals surface area (Å²) in [5.41, 5.74) is 9.07. The van der Waals surface area contributed by atoms with Crippen LogP contribution in [-0.4, -0.2) is 0 Å². The van der Waals surface area contributed by atoms with Crippen molar-refractivity contribution in [3.63, 3.8) is 0 Å². The Balaban J connectivity index is 1.62. The van der Waals surface area contributed by atoms with E-state index in [1.807, 2.05) is 0 Å². The maximum atomic E-state index is 8.94. The van der Waals surface area contributed by atoms with E-state index in [1.165, 1.54) is 64.6 Å². The maximum Gasteiger partial charge on any atom is 0.220 e. The van der Waals surface area contributed by atoms with E-state index >= 15 is 0 Å². The zero-order valence-electron chi connectivity index (χ0n) is 21.7. The first kappa shape index (κ1) is 20.7. The smallest absolute Gasteiger partial charge is 0.198 e. The molecule has 5 rings (SSSR count). The van der Waals surface area contributed by atoms with E-state index in [-0.39, 0.29) is 0 Å². The lowest BCUT2D eigenvalue weighted by Crippen LogP contribution is -2.35. The molecule has 1 saturated carbocycles. The fourth-order valence-electron chi connectivity index (χ4n) is 5.55. The molecule has 1 aliphatic carbocycles. The predicted molar refractivity (Wildman–Crippen MR) is 140 cm³/mol. The van der Waals surface area contributed by atoms with Gasteiger partial charge >= 0.3 is 0 Å². The molecule has 0 bridgehead atoms. The molecule has 1 fully saturated rings. The first-order valence-electron chi connectivity index (χ1n) is 12.8. The Hall–Kier alpha value is -2.93. The number of fused-ring (bicyclic) bond motifs is 1. The number of hydrogen-bond donors (Lipinski definition) is 0. The number of nitrogens with zero attached hydrogens (tertiary/aromatic N) is 1. The van der Waals surface area contributed by atoms with Crippen LogP contribution in [0.3, 0.4) is 0 Å². The molecule has 0 radical (unpaired) electrons. The van der Waals surface area contributed by atoms with E-state index in [2.05, 4.69) is 106 Å². The van der Waals surface area contributed by atoms with E-state index in [0.717, 1.165) is 11.1 Å². The van der Waals surface area contributed by atoms with Gasteiger partial charge < -0.3 is 0 Å². The van der Waals surface area contributed by atoms with Crippen LogP contribution < -0.4 is 4.57 Å². The van der Waals surface area contributed by atoms with Crippen molar-refractivity contribution in [2.75, 3.05) is 0 Å². The predicted octanol–water partition coefficient (Wildman–Crippen LogP) is 8.30. The van der Waals surface area contributed by atoms with Crippen LogP contribution in [0.15, 0.2) is 72.8 Å². The molecule has 4 aromatic rings. The number of aromatic nitrogens is 1. The van der Waals surface area contributed by atoms with Gasteiger partial charge in [-0.05, 0) is 83.7 Å². The average molecular weight is 436 g/mol. The molecule has 0 N–H and O–H groups in total. The number of hydrogen-bond acceptors (Lipinski definition) is 0. The lowest BCUT2D eigenvalue weighted by Gasteiger charge is -2.34. The van der Waals surface area contributed by atoms with Crippen LogP contribution in [0.5, 0.6) is 0 Å². The Morgan fingerprint density at radius 2 is 1.61 bits per heavy atom. The summed E-state index contributed by atoms with van der Waals surface area (Å²) < 4.78 is 11.1. The van der Waals surface area contributed by atoms with E-state index < -0.39 is 0 Å². The van der Waals surface area contributed by atoms with Gasteiger partial charge in [0.1, 0.15) is 7.05 Å². The van der Waals surface area contributed by atoms with Crippen LogP contribution in [0.2, 0.25) is 0 Å². The summed E-state index contributed by atoms with van der Waals surface area (Å²) in [5.74, 6) is 0.612. The van der Waals surface area contributed by atoms with Gasteiger partial charge in [-0.25, -0.2) is 0 Å². The van der Waals surface area contributed by atoms with Gasteiger partial charge in [0.05, 0.1) is 6.76 Å². The standard InChI is InChI=1S/C32H36N/c1-22-19-26(24-9-7-6-8-10-24)11-13-29(22)31-30-14-12-27(21-28(30)20-23(2)33(31)5)25-15-17-32(3,4)18-16-25/h6-14,19-21,25H,15-18H2,1-5H3/q+1/i20D. The van der Waals surface area contributed by atoms with Crippen molar-refractivity contribution in [3.8, 4) is 22.4 Å². The van der Waals surface area contributed by atoms with Gasteiger partial charge in [-0.1, -0.05) is 68.4 Å². The van der Waals surface area contributed by atoms with E-state index in [9.17, 15) is 0 Å². The SMILES string of the molecule is [2H]c1c(C)[n+](C)c(-c2ccc(-c3ccccc3)cc2C)c2ccc(C3CCC(C)(C)CC3)cc12. The van der Waals surface area contributed by atoms with Gasteiger partial charge in [-0.15, -0.1) is 0 Å². The zero-order valence-corrected chi connectivity index (χ0v) is 20.7. The molecule has 1 nitrogen and oxygen atoms in total. The van der Waals surface area contributed by atoms with Crippen LogP contribution in [0.4, 0.5) is 0 Å². The normalized spacial score (nSPS) is 16.7. The Morgan fingerprint density at radius 3 is 2.30 bits per heavy atom. The second-order valence-corrected chi connectivity index (χ2v) is 10.8. The van der Waals surface area contributed by atoms with Crippen LogP contribution in [0, 0.1) is 19.3 Å². The molecule has 0 saturated heterocycles. The second kappa shape index (κ2) is 8.45. The summed E-state index contributed by atoms with van der Waals surface area (Å²) in [5, 5.41) is 2.26. The van der Waals surface area contributed by atoms with Crippen LogP contribution >= 0.6 is 0 Å². The minimum Gasteiger partial charge on any atom is -0.198 e. The van der Waals surface area contributed by atoms with Crippen molar-refractivity contribution in [2.45, 2.75) is 59.3 Å². The largest absolute Gasteiger partial charge is 0.220 e. The molecule has 1 aliphatic rings. The highest BCUT2D eigenvalue weighted by molar-refractivity contribution is 5.94. The van der Waals surface area contributed by atoms with E-state index in [4.69, 9.17) is 1.37 Å². The summed E-state index contributed by atoms with van der Waals surface area (Å²) >= 11 is 0. The monoisotopic (exact) mass is 435 g/mol. The van der Waals surface area contributed by atoms with Gasteiger partial charge in [0.2, 0.25) is 5.69 Å². The Kier molecular flexibility index (Phi) is 5.29. The molecule has 0 atom stereocenters. The minimum atomic E-state index is 0.467. The molecule has 168 valence electrons. The second-order valence-electron chi connectivity index (χ2n) is 10.8. The highest BCUT2D eigenvalue weighted by Crippen LogP contribution is 2.43. The van der Waals surface area contributed by atoms with Crippen LogP contribution in [0.25, 0.3) is 33.2 Å². The molecule has 0 aliphatic heterocycles. The minimum absolute atomic E-state index is 0.467. The summed E-state index contributed by atoms with van der Waals surface area (Å²) in [6, 6.07) is 24.9. The highest BCUT2D eigenvalue weighted by Gasteiger charge is 2.28. The first-order chi connectivity index (χ1) is 16.2. The van der Waals surface area contributed by atoms with Crippen molar-refractivity contribution in [1.82, 2.24) is 0 Å². The highest BCUT2D eigenvalue weighted by atomic mass is 14.9. The average Bonchev–Trinajstić information content (AvgIpc) is 2.84. The lowest BCUT2D eigenvalue weighted by atomic mass is 9.71.